The number of carbonyl (C=O) groups is 1. The van der Waals surface area contributed by atoms with E-state index in [-0.39, 0.29) is 28.5 Å². The van der Waals surface area contributed by atoms with Crippen molar-refractivity contribution in [3.05, 3.63) is 24.3 Å². The van der Waals surface area contributed by atoms with Gasteiger partial charge in [-0.3, -0.25) is 4.79 Å². The number of thioether (sulfide) groups is 1. The summed E-state index contributed by atoms with van der Waals surface area (Å²) in [6.45, 7) is 3.80. The summed E-state index contributed by atoms with van der Waals surface area (Å²) in [5, 5.41) is 2.59. The highest BCUT2D eigenvalue weighted by Crippen LogP contribution is 2.37. The number of alkyl halides is 3. The SMILES string of the molecule is CCC(C)C(N)C(=O)Nc1ccc(SC(F)(F)F)cc1. The molecule has 0 aromatic heterocycles. The number of carbonyl (C=O) groups excluding carboxylic acids is 1. The van der Waals surface area contributed by atoms with E-state index in [1.54, 1.807) is 0 Å². The molecule has 0 bridgehead atoms. The van der Waals surface area contributed by atoms with Gasteiger partial charge in [-0.1, -0.05) is 20.3 Å². The van der Waals surface area contributed by atoms with Crippen molar-refractivity contribution in [2.24, 2.45) is 11.7 Å². The van der Waals surface area contributed by atoms with E-state index in [4.69, 9.17) is 5.73 Å². The molecule has 0 saturated heterocycles. The zero-order valence-corrected chi connectivity index (χ0v) is 12.0. The van der Waals surface area contributed by atoms with Gasteiger partial charge in [0.1, 0.15) is 0 Å². The molecule has 20 heavy (non-hydrogen) atoms. The molecule has 2 atom stereocenters. The molecule has 1 aromatic carbocycles. The molecule has 0 aliphatic heterocycles. The van der Waals surface area contributed by atoms with Gasteiger partial charge >= 0.3 is 5.51 Å². The van der Waals surface area contributed by atoms with Gasteiger partial charge in [-0.2, -0.15) is 13.2 Å². The lowest BCUT2D eigenvalue weighted by Crippen LogP contribution is -2.40. The molecule has 3 nitrogen and oxygen atoms in total. The Bertz CT molecular complexity index is 448. The van der Waals surface area contributed by atoms with Crippen molar-refractivity contribution >= 4 is 23.4 Å². The van der Waals surface area contributed by atoms with E-state index in [1.807, 2.05) is 13.8 Å². The van der Waals surface area contributed by atoms with Crippen molar-refractivity contribution in [1.82, 2.24) is 0 Å². The van der Waals surface area contributed by atoms with Gasteiger partial charge in [-0.25, -0.2) is 0 Å². The van der Waals surface area contributed by atoms with Crippen molar-refractivity contribution in [2.45, 2.75) is 36.7 Å². The number of benzene rings is 1. The van der Waals surface area contributed by atoms with Crippen LogP contribution < -0.4 is 11.1 Å². The Balaban J connectivity index is 2.64. The molecule has 2 unspecified atom stereocenters. The third-order valence-corrected chi connectivity index (χ3v) is 3.65. The molecular formula is C13H17F3N2OS. The van der Waals surface area contributed by atoms with Crippen LogP contribution in [0.3, 0.4) is 0 Å². The smallest absolute Gasteiger partial charge is 0.325 e. The van der Waals surface area contributed by atoms with Gasteiger partial charge in [0.05, 0.1) is 6.04 Å². The summed E-state index contributed by atoms with van der Waals surface area (Å²) in [6.07, 6.45) is 0.774. The van der Waals surface area contributed by atoms with E-state index in [9.17, 15) is 18.0 Å². The van der Waals surface area contributed by atoms with E-state index < -0.39 is 11.6 Å². The maximum atomic E-state index is 12.2. The molecule has 7 heteroatoms. The fourth-order valence-corrected chi connectivity index (χ4v) is 2.02. The van der Waals surface area contributed by atoms with Gasteiger partial charge in [0.15, 0.2) is 0 Å². The molecule has 0 fully saturated rings. The summed E-state index contributed by atoms with van der Waals surface area (Å²) in [4.78, 5) is 11.9. The minimum atomic E-state index is -4.32. The normalized spacial score (nSPS) is 14.7. The molecular weight excluding hydrogens is 289 g/mol. The number of halogens is 3. The van der Waals surface area contributed by atoms with Gasteiger partial charge in [0.25, 0.3) is 0 Å². The van der Waals surface area contributed by atoms with Gasteiger partial charge in [0, 0.05) is 10.6 Å². The average molecular weight is 306 g/mol. The Hall–Kier alpha value is -1.21. The molecule has 0 aliphatic carbocycles. The Kier molecular flexibility index (Phi) is 5.88. The Morgan fingerprint density at radius 2 is 1.90 bits per heavy atom. The van der Waals surface area contributed by atoms with Crippen LogP contribution in [0.4, 0.5) is 18.9 Å². The summed E-state index contributed by atoms with van der Waals surface area (Å²) in [5.74, 6) is -0.300. The fourth-order valence-electron chi connectivity index (χ4n) is 1.48. The third kappa shape index (κ3) is 5.42. The fraction of sp³-hybridized carbons (Fsp3) is 0.462. The average Bonchev–Trinajstić information content (AvgIpc) is 2.37. The Morgan fingerprint density at radius 1 is 1.35 bits per heavy atom. The van der Waals surface area contributed by atoms with Crippen molar-refractivity contribution in [2.75, 3.05) is 5.32 Å². The van der Waals surface area contributed by atoms with Gasteiger partial charge in [0.2, 0.25) is 5.91 Å². The van der Waals surface area contributed by atoms with Gasteiger partial charge in [-0.15, -0.1) is 0 Å². The maximum Gasteiger partial charge on any atom is 0.446 e. The second-order valence-corrected chi connectivity index (χ2v) is 5.61. The van der Waals surface area contributed by atoms with Gasteiger partial charge < -0.3 is 11.1 Å². The van der Waals surface area contributed by atoms with Crippen LogP contribution in [0.25, 0.3) is 0 Å². The summed E-state index contributed by atoms with van der Waals surface area (Å²) in [7, 11) is 0. The first-order valence-electron chi connectivity index (χ1n) is 6.15. The lowest BCUT2D eigenvalue weighted by molar-refractivity contribution is -0.118. The van der Waals surface area contributed by atoms with Crippen molar-refractivity contribution in [1.29, 1.82) is 0 Å². The molecule has 1 amide bonds. The predicted molar refractivity (Wildman–Crippen MR) is 74.4 cm³/mol. The van der Waals surface area contributed by atoms with E-state index in [1.165, 1.54) is 24.3 Å². The van der Waals surface area contributed by atoms with E-state index >= 15 is 0 Å². The number of hydrogen-bond donors (Lipinski definition) is 2. The van der Waals surface area contributed by atoms with Crippen molar-refractivity contribution in [3.63, 3.8) is 0 Å². The van der Waals surface area contributed by atoms with Crippen LogP contribution in [-0.4, -0.2) is 17.5 Å². The summed E-state index contributed by atoms with van der Waals surface area (Å²) in [6, 6.07) is 4.83. The molecule has 1 aromatic rings. The number of hydrogen-bond acceptors (Lipinski definition) is 3. The van der Waals surface area contributed by atoms with Crippen LogP contribution in [0.1, 0.15) is 20.3 Å². The van der Waals surface area contributed by atoms with Crippen LogP contribution in [0.5, 0.6) is 0 Å². The van der Waals surface area contributed by atoms with Crippen molar-refractivity contribution in [3.8, 4) is 0 Å². The number of amides is 1. The number of anilines is 1. The van der Waals surface area contributed by atoms with Crippen LogP contribution in [0, 0.1) is 5.92 Å². The molecule has 112 valence electrons. The summed E-state index contributed by atoms with van der Waals surface area (Å²) in [5.41, 5.74) is 1.88. The minimum Gasteiger partial charge on any atom is -0.325 e. The quantitative estimate of drug-likeness (QED) is 0.817. The first-order valence-corrected chi connectivity index (χ1v) is 6.97. The maximum absolute atomic E-state index is 12.2. The van der Waals surface area contributed by atoms with E-state index in [0.29, 0.717) is 5.69 Å². The number of nitrogens with two attached hydrogens (primary N) is 1. The summed E-state index contributed by atoms with van der Waals surface area (Å²) >= 11 is -0.194. The third-order valence-electron chi connectivity index (χ3n) is 2.92. The monoisotopic (exact) mass is 306 g/mol. The summed E-state index contributed by atoms with van der Waals surface area (Å²) < 4.78 is 36.5. The zero-order chi connectivity index (χ0) is 15.3. The molecule has 0 radical (unpaired) electrons. The lowest BCUT2D eigenvalue weighted by atomic mass is 9.99. The molecule has 1 rings (SSSR count). The topological polar surface area (TPSA) is 55.1 Å². The molecule has 0 aliphatic rings. The minimum absolute atomic E-state index is 0.0371. The Labute approximate surface area is 120 Å². The highest BCUT2D eigenvalue weighted by atomic mass is 32.2. The lowest BCUT2D eigenvalue weighted by Gasteiger charge is -2.17. The standard InChI is InChI=1S/C13H17F3N2OS/c1-3-8(2)11(17)12(19)18-9-4-6-10(7-5-9)20-13(14,15)16/h4-8,11H,3,17H2,1-2H3,(H,18,19). The van der Waals surface area contributed by atoms with Gasteiger partial charge in [-0.05, 0) is 41.9 Å². The van der Waals surface area contributed by atoms with Crippen LogP contribution in [-0.2, 0) is 4.79 Å². The molecule has 0 heterocycles. The molecule has 0 saturated carbocycles. The van der Waals surface area contributed by atoms with E-state index in [0.717, 1.165) is 6.42 Å². The van der Waals surface area contributed by atoms with Crippen LogP contribution in [0.15, 0.2) is 29.2 Å². The second kappa shape index (κ2) is 6.99. The zero-order valence-electron chi connectivity index (χ0n) is 11.2. The number of nitrogens with one attached hydrogen (secondary N) is 1. The largest absolute Gasteiger partial charge is 0.446 e. The van der Waals surface area contributed by atoms with Crippen LogP contribution in [0.2, 0.25) is 0 Å². The highest BCUT2D eigenvalue weighted by molar-refractivity contribution is 8.00. The predicted octanol–water partition coefficient (Wildman–Crippen LogP) is 3.61. The first-order chi connectivity index (χ1) is 9.23. The van der Waals surface area contributed by atoms with Crippen molar-refractivity contribution < 1.29 is 18.0 Å². The first kappa shape index (κ1) is 16.8. The number of rotatable bonds is 5. The highest BCUT2D eigenvalue weighted by Gasteiger charge is 2.29. The van der Waals surface area contributed by atoms with Crippen LogP contribution >= 0.6 is 11.8 Å². The van der Waals surface area contributed by atoms with E-state index in [2.05, 4.69) is 5.32 Å². The molecule has 0 spiro atoms. The Morgan fingerprint density at radius 3 is 2.35 bits per heavy atom. The molecule has 3 N–H and O–H groups in total. The second-order valence-electron chi connectivity index (χ2n) is 4.47.